The summed E-state index contributed by atoms with van der Waals surface area (Å²) in [6.07, 6.45) is 2.15. The van der Waals surface area contributed by atoms with Crippen LogP contribution in [0.1, 0.15) is 16.9 Å². The average Bonchev–Trinajstić information content (AvgIpc) is 2.73. The molecule has 2 rings (SSSR count). The van der Waals surface area contributed by atoms with E-state index in [1.807, 2.05) is 0 Å². The number of nitrogens with one attached hydrogen (secondary N) is 1. The van der Waals surface area contributed by atoms with Gasteiger partial charge in [-0.3, -0.25) is 9.48 Å². The lowest BCUT2D eigenvalue weighted by atomic mass is 10.2. The standard InChI is InChI=1S/C9H13N3O3S/c1-12-4-2-8(11-12)9(13)10-7-3-5-16(14,15)6-7/h2,4,7H,3,5-6H2,1H3,(H,10,13)/t7-/m1/s1. The van der Waals surface area contributed by atoms with E-state index in [1.165, 1.54) is 4.68 Å². The highest BCUT2D eigenvalue weighted by Crippen LogP contribution is 2.11. The average molecular weight is 243 g/mol. The third-order valence-corrected chi connectivity index (χ3v) is 4.28. The Bertz CT molecular complexity index is 506. The van der Waals surface area contributed by atoms with Crippen LogP contribution in [0.3, 0.4) is 0 Å². The zero-order chi connectivity index (χ0) is 11.8. The third kappa shape index (κ3) is 2.41. The Kier molecular flexibility index (Phi) is 2.71. The van der Waals surface area contributed by atoms with E-state index in [2.05, 4.69) is 10.4 Å². The van der Waals surface area contributed by atoms with Gasteiger partial charge >= 0.3 is 0 Å². The van der Waals surface area contributed by atoms with Crippen LogP contribution in [-0.2, 0) is 16.9 Å². The van der Waals surface area contributed by atoms with E-state index in [0.29, 0.717) is 12.1 Å². The first-order chi connectivity index (χ1) is 7.46. The Morgan fingerprint density at radius 3 is 2.88 bits per heavy atom. The summed E-state index contributed by atoms with van der Waals surface area (Å²) in [5.41, 5.74) is 0.312. The minimum Gasteiger partial charge on any atom is -0.347 e. The molecule has 7 heteroatoms. The molecule has 1 aromatic rings. The van der Waals surface area contributed by atoms with Gasteiger partial charge in [0.15, 0.2) is 9.84 Å². The van der Waals surface area contributed by atoms with Crippen LogP contribution in [0.15, 0.2) is 12.3 Å². The second kappa shape index (κ2) is 3.89. The van der Waals surface area contributed by atoms with Crippen LogP contribution in [0.25, 0.3) is 0 Å². The van der Waals surface area contributed by atoms with Gasteiger partial charge in [-0.1, -0.05) is 0 Å². The van der Waals surface area contributed by atoms with Crippen molar-refractivity contribution in [1.29, 1.82) is 0 Å². The molecule has 0 aliphatic carbocycles. The molecule has 1 aromatic heterocycles. The topological polar surface area (TPSA) is 81.1 Å². The van der Waals surface area contributed by atoms with Crippen LogP contribution in [0, 0.1) is 0 Å². The molecule has 0 saturated carbocycles. The number of aryl methyl sites for hydroxylation is 1. The fraction of sp³-hybridized carbons (Fsp3) is 0.556. The van der Waals surface area contributed by atoms with Gasteiger partial charge in [-0.15, -0.1) is 0 Å². The second-order valence-electron chi connectivity index (χ2n) is 3.95. The molecule has 0 unspecified atom stereocenters. The molecule has 0 spiro atoms. The van der Waals surface area contributed by atoms with E-state index in [0.717, 1.165) is 0 Å². The molecule has 6 nitrogen and oxygen atoms in total. The Morgan fingerprint density at radius 1 is 1.62 bits per heavy atom. The second-order valence-corrected chi connectivity index (χ2v) is 6.18. The minimum absolute atomic E-state index is 0.0333. The summed E-state index contributed by atoms with van der Waals surface area (Å²) in [5, 5.41) is 6.61. The Hall–Kier alpha value is -1.37. The Labute approximate surface area is 93.6 Å². The van der Waals surface area contributed by atoms with Crippen LogP contribution >= 0.6 is 0 Å². The van der Waals surface area contributed by atoms with Gasteiger partial charge in [0, 0.05) is 19.3 Å². The van der Waals surface area contributed by atoms with Gasteiger partial charge in [0.2, 0.25) is 0 Å². The number of aromatic nitrogens is 2. The number of hydrogen-bond donors (Lipinski definition) is 1. The zero-order valence-corrected chi connectivity index (χ0v) is 9.70. The largest absolute Gasteiger partial charge is 0.347 e. The molecule has 1 N–H and O–H groups in total. The quantitative estimate of drug-likeness (QED) is 0.747. The number of carbonyl (C=O) groups excluding carboxylic acids is 1. The predicted molar refractivity (Wildman–Crippen MR) is 57.7 cm³/mol. The minimum atomic E-state index is -2.96. The smallest absolute Gasteiger partial charge is 0.272 e. The van der Waals surface area contributed by atoms with Crippen LogP contribution in [0.4, 0.5) is 0 Å². The van der Waals surface area contributed by atoms with E-state index in [9.17, 15) is 13.2 Å². The monoisotopic (exact) mass is 243 g/mol. The molecular formula is C9H13N3O3S. The van der Waals surface area contributed by atoms with Crippen LogP contribution < -0.4 is 5.32 Å². The Balaban J connectivity index is 1.99. The van der Waals surface area contributed by atoms with Gasteiger partial charge in [0.1, 0.15) is 5.69 Å². The molecule has 1 amide bonds. The summed E-state index contributed by atoms with van der Waals surface area (Å²) in [7, 11) is -1.24. The zero-order valence-electron chi connectivity index (χ0n) is 8.88. The van der Waals surface area contributed by atoms with E-state index >= 15 is 0 Å². The molecule has 2 heterocycles. The van der Waals surface area contributed by atoms with Crippen LogP contribution in [0.5, 0.6) is 0 Å². The number of hydrogen-bond acceptors (Lipinski definition) is 4. The van der Waals surface area contributed by atoms with Crippen molar-refractivity contribution in [3.05, 3.63) is 18.0 Å². The Morgan fingerprint density at radius 2 is 2.38 bits per heavy atom. The van der Waals surface area contributed by atoms with Crippen molar-refractivity contribution in [2.75, 3.05) is 11.5 Å². The molecule has 1 aliphatic heterocycles. The highest BCUT2D eigenvalue weighted by atomic mass is 32.2. The lowest BCUT2D eigenvalue weighted by molar-refractivity contribution is 0.0935. The molecule has 1 fully saturated rings. The first-order valence-electron chi connectivity index (χ1n) is 4.97. The predicted octanol–water partition coefficient (Wildman–Crippen LogP) is -0.663. The molecule has 0 bridgehead atoms. The third-order valence-electron chi connectivity index (χ3n) is 2.51. The number of carbonyl (C=O) groups is 1. The lowest BCUT2D eigenvalue weighted by Crippen LogP contribution is -2.35. The van der Waals surface area contributed by atoms with E-state index in [1.54, 1.807) is 19.3 Å². The van der Waals surface area contributed by atoms with Gasteiger partial charge in [-0.05, 0) is 12.5 Å². The maximum absolute atomic E-state index is 11.6. The summed E-state index contributed by atoms with van der Waals surface area (Å²) < 4.78 is 23.9. The van der Waals surface area contributed by atoms with Crippen molar-refractivity contribution in [1.82, 2.24) is 15.1 Å². The van der Waals surface area contributed by atoms with E-state index < -0.39 is 9.84 Å². The lowest BCUT2D eigenvalue weighted by Gasteiger charge is -2.08. The van der Waals surface area contributed by atoms with Crippen molar-refractivity contribution in [2.45, 2.75) is 12.5 Å². The molecule has 1 aliphatic rings. The van der Waals surface area contributed by atoms with Gasteiger partial charge in [-0.2, -0.15) is 5.10 Å². The molecule has 0 radical (unpaired) electrons. The maximum atomic E-state index is 11.6. The fourth-order valence-corrected chi connectivity index (χ4v) is 3.38. The highest BCUT2D eigenvalue weighted by molar-refractivity contribution is 7.91. The maximum Gasteiger partial charge on any atom is 0.272 e. The molecule has 16 heavy (non-hydrogen) atoms. The molecule has 1 atom stereocenters. The van der Waals surface area contributed by atoms with E-state index in [4.69, 9.17) is 0 Å². The van der Waals surface area contributed by atoms with Crippen LogP contribution in [-0.4, -0.2) is 41.7 Å². The van der Waals surface area contributed by atoms with Crippen molar-refractivity contribution >= 4 is 15.7 Å². The molecule has 0 aromatic carbocycles. The summed E-state index contributed by atoms with van der Waals surface area (Å²) in [6, 6.07) is 1.32. The normalized spacial score (nSPS) is 23.2. The first-order valence-corrected chi connectivity index (χ1v) is 6.79. The number of sulfone groups is 1. The number of rotatable bonds is 2. The van der Waals surface area contributed by atoms with Gasteiger partial charge in [0.25, 0.3) is 5.91 Å². The first kappa shape index (κ1) is 11.1. The molecule has 88 valence electrons. The van der Waals surface area contributed by atoms with Gasteiger partial charge in [0.05, 0.1) is 11.5 Å². The molecule has 1 saturated heterocycles. The summed E-state index contributed by atoms with van der Waals surface area (Å²) >= 11 is 0. The summed E-state index contributed by atoms with van der Waals surface area (Å²) in [5.74, 6) is -0.131. The van der Waals surface area contributed by atoms with E-state index in [-0.39, 0.29) is 23.5 Å². The van der Waals surface area contributed by atoms with Gasteiger partial charge < -0.3 is 5.32 Å². The SMILES string of the molecule is Cn1ccc(C(=O)N[C@@H]2CCS(=O)(=O)C2)n1. The highest BCUT2D eigenvalue weighted by Gasteiger charge is 2.29. The molecular weight excluding hydrogens is 230 g/mol. The van der Waals surface area contributed by atoms with Crippen molar-refractivity contribution in [3.63, 3.8) is 0 Å². The van der Waals surface area contributed by atoms with Crippen molar-refractivity contribution in [2.24, 2.45) is 7.05 Å². The van der Waals surface area contributed by atoms with Crippen molar-refractivity contribution in [3.8, 4) is 0 Å². The van der Waals surface area contributed by atoms with Crippen LogP contribution in [0.2, 0.25) is 0 Å². The number of nitrogens with zero attached hydrogens (tertiary/aromatic N) is 2. The summed E-state index contributed by atoms with van der Waals surface area (Å²) in [4.78, 5) is 11.6. The van der Waals surface area contributed by atoms with Gasteiger partial charge in [-0.25, -0.2) is 8.42 Å². The fourth-order valence-electron chi connectivity index (χ4n) is 1.70. The summed E-state index contributed by atoms with van der Waals surface area (Å²) in [6.45, 7) is 0. The van der Waals surface area contributed by atoms with Crippen molar-refractivity contribution < 1.29 is 13.2 Å². The number of amides is 1.